The second kappa shape index (κ2) is 8.96. The average molecular weight is 473 g/mol. The lowest BCUT2D eigenvalue weighted by Gasteiger charge is -2.16. The molecule has 4 aromatic rings. The maximum absolute atomic E-state index is 14.3. The predicted molar refractivity (Wildman–Crippen MR) is 117 cm³/mol. The van der Waals surface area contributed by atoms with Crippen LogP contribution in [0, 0.1) is 12.7 Å². The fraction of sp³-hybridized carbons (Fsp3) is 0.182. The first-order chi connectivity index (χ1) is 16.1. The molecule has 8 nitrogen and oxygen atoms in total. The summed E-state index contributed by atoms with van der Waals surface area (Å²) in [6.45, 7) is 1.61. The van der Waals surface area contributed by atoms with Crippen LogP contribution in [0.3, 0.4) is 0 Å². The third kappa shape index (κ3) is 4.60. The number of rotatable bonds is 7. The molecule has 0 bridgehead atoms. The predicted octanol–water partition coefficient (Wildman–Crippen LogP) is 4.14. The highest BCUT2D eigenvalue weighted by molar-refractivity contribution is 6.07. The number of aromatic amines is 1. The highest BCUT2D eigenvalue weighted by Crippen LogP contribution is 2.34. The molecule has 0 aliphatic heterocycles. The average Bonchev–Trinajstić information content (AvgIpc) is 3.20. The fourth-order valence-corrected chi connectivity index (χ4v) is 3.47. The molecule has 4 rings (SSSR count). The fourth-order valence-electron chi connectivity index (χ4n) is 3.47. The molecule has 0 saturated heterocycles. The normalized spacial score (nSPS) is 11.6. The SMILES string of the molecule is Cc1[nH]ncc1CNc1nc(NCc2c(F)cccc2C(F)(F)F)c2cccc(C(N)=O)c2n1. The van der Waals surface area contributed by atoms with Crippen molar-refractivity contribution in [3.8, 4) is 0 Å². The van der Waals surface area contributed by atoms with Crippen LogP contribution in [0.15, 0.2) is 42.6 Å². The summed E-state index contributed by atoms with van der Waals surface area (Å²) in [7, 11) is 0. The lowest BCUT2D eigenvalue weighted by Crippen LogP contribution is -2.16. The van der Waals surface area contributed by atoms with E-state index in [0.717, 1.165) is 29.5 Å². The van der Waals surface area contributed by atoms with Gasteiger partial charge in [-0.15, -0.1) is 0 Å². The van der Waals surface area contributed by atoms with Crippen molar-refractivity contribution in [2.24, 2.45) is 5.73 Å². The second-order valence-electron chi connectivity index (χ2n) is 7.45. The summed E-state index contributed by atoms with van der Waals surface area (Å²) in [6.07, 6.45) is -3.12. The molecular weight excluding hydrogens is 454 g/mol. The Labute approximate surface area is 190 Å². The van der Waals surface area contributed by atoms with E-state index in [2.05, 4.69) is 30.8 Å². The second-order valence-corrected chi connectivity index (χ2v) is 7.45. The Morgan fingerprint density at radius 1 is 1.09 bits per heavy atom. The monoisotopic (exact) mass is 473 g/mol. The molecule has 2 heterocycles. The van der Waals surface area contributed by atoms with Gasteiger partial charge < -0.3 is 16.4 Å². The van der Waals surface area contributed by atoms with Gasteiger partial charge in [0.05, 0.1) is 22.8 Å². The lowest BCUT2D eigenvalue weighted by molar-refractivity contribution is -0.138. The number of anilines is 2. The molecule has 34 heavy (non-hydrogen) atoms. The van der Waals surface area contributed by atoms with Gasteiger partial charge in [-0.2, -0.15) is 23.3 Å². The number of nitrogens with one attached hydrogen (secondary N) is 3. The van der Waals surface area contributed by atoms with Crippen LogP contribution in [0.25, 0.3) is 10.9 Å². The number of benzene rings is 2. The summed E-state index contributed by atoms with van der Waals surface area (Å²) in [5.74, 6) is -1.54. The van der Waals surface area contributed by atoms with Crippen LogP contribution in [0.4, 0.5) is 29.3 Å². The summed E-state index contributed by atoms with van der Waals surface area (Å²) in [4.78, 5) is 20.7. The summed E-state index contributed by atoms with van der Waals surface area (Å²) < 4.78 is 54.5. The van der Waals surface area contributed by atoms with Gasteiger partial charge in [0.1, 0.15) is 11.6 Å². The summed E-state index contributed by atoms with van der Waals surface area (Å²) >= 11 is 0. The Hall–Kier alpha value is -4.22. The van der Waals surface area contributed by atoms with Crippen molar-refractivity contribution in [1.29, 1.82) is 0 Å². The number of amides is 1. The molecule has 2 aromatic heterocycles. The molecule has 5 N–H and O–H groups in total. The minimum atomic E-state index is -4.73. The number of primary amides is 1. The number of halogens is 4. The highest BCUT2D eigenvalue weighted by Gasteiger charge is 2.34. The van der Waals surface area contributed by atoms with Gasteiger partial charge in [0, 0.05) is 35.3 Å². The minimum Gasteiger partial charge on any atom is -0.366 e. The quantitative estimate of drug-likeness (QED) is 0.299. The third-order valence-electron chi connectivity index (χ3n) is 5.22. The molecule has 12 heteroatoms. The van der Waals surface area contributed by atoms with Gasteiger partial charge in [-0.25, -0.2) is 9.37 Å². The number of nitrogens with zero attached hydrogens (tertiary/aromatic N) is 3. The van der Waals surface area contributed by atoms with E-state index in [4.69, 9.17) is 5.73 Å². The van der Waals surface area contributed by atoms with Crippen molar-refractivity contribution >= 4 is 28.6 Å². The van der Waals surface area contributed by atoms with Gasteiger partial charge in [0.15, 0.2) is 0 Å². The number of H-pyrrole nitrogens is 1. The topological polar surface area (TPSA) is 122 Å². The Kier molecular flexibility index (Phi) is 6.05. The molecule has 0 aliphatic carbocycles. The summed E-state index contributed by atoms with van der Waals surface area (Å²) in [5, 5.41) is 12.8. The minimum absolute atomic E-state index is 0.0916. The number of para-hydroxylation sites is 1. The van der Waals surface area contributed by atoms with Gasteiger partial charge in [-0.1, -0.05) is 12.1 Å². The van der Waals surface area contributed by atoms with Crippen molar-refractivity contribution < 1.29 is 22.4 Å². The zero-order chi connectivity index (χ0) is 24.5. The number of hydrogen-bond donors (Lipinski definition) is 4. The molecule has 1 amide bonds. The van der Waals surface area contributed by atoms with Crippen LogP contribution in [-0.4, -0.2) is 26.1 Å². The van der Waals surface area contributed by atoms with E-state index in [0.29, 0.717) is 5.39 Å². The molecule has 2 aromatic carbocycles. The first kappa shape index (κ1) is 23.0. The van der Waals surface area contributed by atoms with Crippen LogP contribution < -0.4 is 16.4 Å². The van der Waals surface area contributed by atoms with Gasteiger partial charge in [0.2, 0.25) is 5.95 Å². The van der Waals surface area contributed by atoms with Crippen LogP contribution >= 0.6 is 0 Å². The molecule has 0 spiro atoms. The molecule has 0 aliphatic rings. The number of carbonyl (C=O) groups is 1. The van der Waals surface area contributed by atoms with E-state index < -0.39 is 35.6 Å². The van der Waals surface area contributed by atoms with E-state index in [1.165, 1.54) is 6.07 Å². The molecule has 0 saturated carbocycles. The largest absolute Gasteiger partial charge is 0.416 e. The maximum atomic E-state index is 14.3. The van der Waals surface area contributed by atoms with Crippen molar-refractivity contribution in [3.63, 3.8) is 0 Å². The van der Waals surface area contributed by atoms with E-state index in [-0.39, 0.29) is 29.4 Å². The maximum Gasteiger partial charge on any atom is 0.416 e. The van der Waals surface area contributed by atoms with Crippen molar-refractivity contribution in [3.05, 3.63) is 76.4 Å². The molecule has 176 valence electrons. The Morgan fingerprint density at radius 3 is 2.53 bits per heavy atom. The number of carbonyl (C=O) groups excluding carboxylic acids is 1. The van der Waals surface area contributed by atoms with Crippen molar-refractivity contribution in [2.75, 3.05) is 10.6 Å². The smallest absolute Gasteiger partial charge is 0.366 e. The molecule has 0 atom stereocenters. The van der Waals surface area contributed by atoms with Gasteiger partial charge in [-0.05, 0) is 31.2 Å². The number of aryl methyl sites for hydroxylation is 1. The number of fused-ring (bicyclic) bond motifs is 1. The zero-order valence-corrected chi connectivity index (χ0v) is 17.8. The van der Waals surface area contributed by atoms with E-state index >= 15 is 0 Å². The number of alkyl halides is 3. The van der Waals surface area contributed by atoms with E-state index in [1.54, 1.807) is 18.3 Å². The molecule has 0 radical (unpaired) electrons. The van der Waals surface area contributed by atoms with Gasteiger partial charge in [-0.3, -0.25) is 9.89 Å². The Balaban J connectivity index is 1.74. The number of hydrogen-bond acceptors (Lipinski definition) is 6. The first-order valence-electron chi connectivity index (χ1n) is 10.1. The van der Waals surface area contributed by atoms with Crippen LogP contribution in [0.2, 0.25) is 0 Å². The first-order valence-corrected chi connectivity index (χ1v) is 10.1. The van der Waals surface area contributed by atoms with Crippen molar-refractivity contribution in [1.82, 2.24) is 20.2 Å². The Bertz CT molecular complexity index is 1370. The standard InChI is InChI=1S/C22H19F4N7O/c1-11-12(9-30-33-11)8-29-21-31-18-13(19(27)34)4-2-5-14(18)20(32-21)28-10-15-16(22(24,25)26)6-3-7-17(15)23/h2-7,9H,8,10H2,1H3,(H2,27,34)(H,30,33)(H2,28,29,31,32). The zero-order valence-electron chi connectivity index (χ0n) is 17.8. The summed E-state index contributed by atoms with van der Waals surface area (Å²) in [6, 6.07) is 7.37. The van der Waals surface area contributed by atoms with Crippen LogP contribution in [-0.2, 0) is 19.3 Å². The Morgan fingerprint density at radius 2 is 1.85 bits per heavy atom. The van der Waals surface area contributed by atoms with Crippen LogP contribution in [0.1, 0.15) is 32.7 Å². The molecule has 0 unspecified atom stereocenters. The third-order valence-corrected chi connectivity index (χ3v) is 5.22. The molecular formula is C22H19F4N7O. The van der Waals surface area contributed by atoms with Gasteiger partial charge in [0.25, 0.3) is 5.91 Å². The van der Waals surface area contributed by atoms with Gasteiger partial charge >= 0.3 is 6.18 Å². The number of aromatic nitrogens is 4. The van der Waals surface area contributed by atoms with Crippen molar-refractivity contribution in [2.45, 2.75) is 26.2 Å². The van der Waals surface area contributed by atoms with E-state index in [9.17, 15) is 22.4 Å². The highest BCUT2D eigenvalue weighted by atomic mass is 19.4. The van der Waals surface area contributed by atoms with Crippen LogP contribution in [0.5, 0.6) is 0 Å². The van der Waals surface area contributed by atoms with E-state index in [1.807, 2.05) is 6.92 Å². The lowest BCUT2D eigenvalue weighted by atomic mass is 10.1. The summed E-state index contributed by atoms with van der Waals surface area (Å²) in [5.41, 5.74) is 5.79. The number of nitrogens with two attached hydrogens (primary N) is 1. The molecule has 0 fully saturated rings.